The average Bonchev–Trinajstić information content (AvgIpc) is 2.30. The molecule has 96 valence electrons. The molecule has 0 amide bonds. The largest absolute Gasteiger partial charge is 0.396 e. The zero-order valence-corrected chi connectivity index (χ0v) is 11.9. The van der Waals surface area contributed by atoms with E-state index in [1.165, 1.54) is 0 Å². The van der Waals surface area contributed by atoms with Gasteiger partial charge in [0.05, 0.1) is 10.0 Å². The number of hydrogen-bond donors (Lipinski definition) is 2. The third-order valence-electron chi connectivity index (χ3n) is 2.76. The predicted molar refractivity (Wildman–Crippen MR) is 73.7 cm³/mol. The lowest BCUT2D eigenvalue weighted by molar-refractivity contribution is 0.154. The second-order valence-electron chi connectivity index (χ2n) is 5.10. The highest BCUT2D eigenvalue weighted by Gasteiger charge is 2.17. The summed E-state index contributed by atoms with van der Waals surface area (Å²) >= 11 is 11.8. The van der Waals surface area contributed by atoms with Gasteiger partial charge in [-0.1, -0.05) is 43.1 Å². The van der Waals surface area contributed by atoms with Crippen LogP contribution in [0.5, 0.6) is 0 Å². The Labute approximate surface area is 113 Å². The van der Waals surface area contributed by atoms with Gasteiger partial charge in [0.25, 0.3) is 0 Å². The Hall–Kier alpha value is -0.280. The Kier molecular flexibility index (Phi) is 5.26. The van der Waals surface area contributed by atoms with Crippen molar-refractivity contribution in [3.8, 4) is 0 Å². The molecule has 0 spiro atoms. The summed E-state index contributed by atoms with van der Waals surface area (Å²) in [6.07, 6.45) is 0. The monoisotopic (exact) mass is 275 g/mol. The molecule has 0 saturated heterocycles. The molecule has 0 aliphatic rings. The van der Waals surface area contributed by atoms with Crippen LogP contribution in [0, 0.1) is 5.41 Å². The lowest BCUT2D eigenvalue weighted by Crippen LogP contribution is -2.33. The topological polar surface area (TPSA) is 32.3 Å². The SMILES string of the molecule is CC(NCC(C)(C)CO)c1ccc(Cl)c(Cl)c1. The van der Waals surface area contributed by atoms with E-state index < -0.39 is 0 Å². The molecule has 0 radical (unpaired) electrons. The molecule has 2 N–H and O–H groups in total. The Morgan fingerprint density at radius 1 is 1.29 bits per heavy atom. The smallest absolute Gasteiger partial charge is 0.0595 e. The molecular weight excluding hydrogens is 257 g/mol. The fourth-order valence-corrected chi connectivity index (χ4v) is 1.69. The first-order valence-electron chi connectivity index (χ1n) is 5.65. The molecule has 0 bridgehead atoms. The normalized spacial score (nSPS) is 13.8. The molecule has 2 nitrogen and oxygen atoms in total. The minimum atomic E-state index is -0.121. The number of halogens is 2. The molecule has 0 fully saturated rings. The molecule has 0 aromatic heterocycles. The van der Waals surface area contributed by atoms with E-state index >= 15 is 0 Å². The maximum absolute atomic E-state index is 9.18. The molecule has 1 aromatic carbocycles. The summed E-state index contributed by atoms with van der Waals surface area (Å²) in [6.45, 7) is 7.00. The lowest BCUT2D eigenvalue weighted by atomic mass is 9.94. The maximum atomic E-state index is 9.18. The van der Waals surface area contributed by atoms with Crippen LogP contribution in [0.3, 0.4) is 0 Å². The van der Waals surface area contributed by atoms with Crippen molar-refractivity contribution in [2.75, 3.05) is 13.2 Å². The summed E-state index contributed by atoms with van der Waals surface area (Å²) < 4.78 is 0. The van der Waals surface area contributed by atoms with Gasteiger partial charge in [0.1, 0.15) is 0 Å². The van der Waals surface area contributed by atoms with E-state index in [1.54, 1.807) is 6.07 Å². The Morgan fingerprint density at radius 2 is 1.94 bits per heavy atom. The van der Waals surface area contributed by atoms with Crippen LogP contribution in [0.2, 0.25) is 10.0 Å². The number of nitrogens with one attached hydrogen (secondary N) is 1. The molecule has 1 rings (SSSR count). The minimum Gasteiger partial charge on any atom is -0.396 e. The van der Waals surface area contributed by atoms with Crippen LogP contribution in [-0.2, 0) is 0 Å². The number of aliphatic hydroxyl groups is 1. The molecule has 0 saturated carbocycles. The van der Waals surface area contributed by atoms with E-state index in [0.717, 1.165) is 12.1 Å². The first-order chi connectivity index (χ1) is 7.85. The molecule has 1 unspecified atom stereocenters. The van der Waals surface area contributed by atoms with Gasteiger partial charge in [-0.05, 0) is 24.6 Å². The molecule has 4 heteroatoms. The molecule has 17 heavy (non-hydrogen) atoms. The second-order valence-corrected chi connectivity index (χ2v) is 5.91. The van der Waals surface area contributed by atoms with Gasteiger partial charge in [-0.3, -0.25) is 0 Å². The van der Waals surface area contributed by atoms with E-state index in [2.05, 4.69) is 12.2 Å². The highest BCUT2D eigenvalue weighted by Crippen LogP contribution is 2.26. The standard InChI is InChI=1S/C13H19Cl2NO/c1-9(16-7-13(2,3)8-17)10-4-5-11(14)12(15)6-10/h4-6,9,16-17H,7-8H2,1-3H3. The Bertz CT molecular complexity index is 380. The van der Waals surface area contributed by atoms with Gasteiger partial charge in [-0.25, -0.2) is 0 Å². The van der Waals surface area contributed by atoms with Gasteiger partial charge in [0, 0.05) is 24.6 Å². The summed E-state index contributed by atoms with van der Waals surface area (Å²) in [4.78, 5) is 0. The van der Waals surface area contributed by atoms with Gasteiger partial charge in [-0.15, -0.1) is 0 Å². The molecule has 0 heterocycles. The van der Waals surface area contributed by atoms with Gasteiger partial charge in [0.15, 0.2) is 0 Å². The quantitative estimate of drug-likeness (QED) is 0.860. The molecule has 1 aromatic rings. The van der Waals surface area contributed by atoms with E-state index in [-0.39, 0.29) is 18.1 Å². The average molecular weight is 276 g/mol. The maximum Gasteiger partial charge on any atom is 0.0595 e. The fourth-order valence-electron chi connectivity index (χ4n) is 1.38. The van der Waals surface area contributed by atoms with E-state index in [4.69, 9.17) is 23.2 Å². The highest BCUT2D eigenvalue weighted by molar-refractivity contribution is 6.42. The second kappa shape index (κ2) is 6.05. The van der Waals surface area contributed by atoms with Crippen LogP contribution in [0.25, 0.3) is 0 Å². The van der Waals surface area contributed by atoms with Crippen LogP contribution in [0.4, 0.5) is 0 Å². The van der Waals surface area contributed by atoms with Crippen molar-refractivity contribution >= 4 is 23.2 Å². The van der Waals surface area contributed by atoms with Gasteiger partial charge >= 0.3 is 0 Å². The van der Waals surface area contributed by atoms with E-state index in [1.807, 2.05) is 26.0 Å². The molecular formula is C13H19Cl2NO. The summed E-state index contributed by atoms with van der Waals surface area (Å²) in [5.74, 6) is 0. The van der Waals surface area contributed by atoms with Crippen molar-refractivity contribution in [2.45, 2.75) is 26.8 Å². The van der Waals surface area contributed by atoms with Crippen molar-refractivity contribution in [3.63, 3.8) is 0 Å². The molecule has 0 aliphatic heterocycles. The van der Waals surface area contributed by atoms with Crippen LogP contribution in [0.1, 0.15) is 32.4 Å². The molecule has 0 aliphatic carbocycles. The molecule has 1 atom stereocenters. The Balaban J connectivity index is 2.64. The fraction of sp³-hybridized carbons (Fsp3) is 0.538. The van der Waals surface area contributed by atoms with Gasteiger partial charge in [0.2, 0.25) is 0 Å². The van der Waals surface area contributed by atoms with E-state index in [9.17, 15) is 5.11 Å². The minimum absolute atomic E-state index is 0.121. The third-order valence-corrected chi connectivity index (χ3v) is 3.50. The zero-order valence-electron chi connectivity index (χ0n) is 10.4. The number of rotatable bonds is 5. The predicted octanol–water partition coefficient (Wildman–Crippen LogP) is 3.66. The van der Waals surface area contributed by atoms with E-state index in [0.29, 0.717) is 10.0 Å². The van der Waals surface area contributed by atoms with Crippen LogP contribution < -0.4 is 5.32 Å². The summed E-state index contributed by atoms with van der Waals surface area (Å²) in [5, 5.41) is 13.7. The van der Waals surface area contributed by atoms with Crippen molar-refractivity contribution in [1.29, 1.82) is 0 Å². The number of benzene rings is 1. The van der Waals surface area contributed by atoms with Gasteiger partial charge < -0.3 is 10.4 Å². The first kappa shape index (κ1) is 14.8. The summed E-state index contributed by atoms with van der Waals surface area (Å²) in [7, 11) is 0. The van der Waals surface area contributed by atoms with Crippen molar-refractivity contribution in [3.05, 3.63) is 33.8 Å². The van der Waals surface area contributed by atoms with Crippen molar-refractivity contribution in [1.82, 2.24) is 5.32 Å². The number of aliphatic hydroxyl groups excluding tert-OH is 1. The van der Waals surface area contributed by atoms with Gasteiger partial charge in [-0.2, -0.15) is 0 Å². The highest BCUT2D eigenvalue weighted by atomic mass is 35.5. The van der Waals surface area contributed by atoms with Crippen molar-refractivity contribution < 1.29 is 5.11 Å². The first-order valence-corrected chi connectivity index (χ1v) is 6.40. The summed E-state index contributed by atoms with van der Waals surface area (Å²) in [5.41, 5.74) is 0.970. The van der Waals surface area contributed by atoms with Crippen molar-refractivity contribution in [2.24, 2.45) is 5.41 Å². The zero-order chi connectivity index (χ0) is 13.1. The Morgan fingerprint density at radius 3 is 2.47 bits per heavy atom. The lowest BCUT2D eigenvalue weighted by Gasteiger charge is -2.25. The van der Waals surface area contributed by atoms with Crippen LogP contribution in [0.15, 0.2) is 18.2 Å². The van der Waals surface area contributed by atoms with Crippen LogP contribution in [-0.4, -0.2) is 18.3 Å². The number of hydrogen-bond acceptors (Lipinski definition) is 2. The summed E-state index contributed by atoms with van der Waals surface area (Å²) in [6, 6.07) is 5.80. The van der Waals surface area contributed by atoms with Crippen LogP contribution >= 0.6 is 23.2 Å². The third kappa shape index (κ3) is 4.47.